The van der Waals surface area contributed by atoms with Gasteiger partial charge in [0.2, 0.25) is 5.91 Å². The molecule has 0 spiro atoms. The number of aryl methyl sites for hydroxylation is 1. The number of carbonyl (C=O) groups is 1. The predicted molar refractivity (Wildman–Crippen MR) is 93.8 cm³/mol. The molecule has 0 aliphatic carbocycles. The molecule has 0 bridgehead atoms. The molecule has 1 N–H and O–H groups in total. The van der Waals surface area contributed by atoms with Crippen molar-refractivity contribution in [3.8, 4) is 0 Å². The Morgan fingerprint density at radius 2 is 1.80 bits per heavy atom. The monoisotopic (exact) mass is 369 g/mol. The fraction of sp³-hybridized carbons (Fsp3) is 0.316. The Morgan fingerprint density at radius 1 is 1.12 bits per heavy atom. The van der Waals surface area contributed by atoms with Gasteiger partial charge in [-0.05, 0) is 54.3 Å². The summed E-state index contributed by atoms with van der Waals surface area (Å²) >= 11 is 6.14. The summed E-state index contributed by atoms with van der Waals surface area (Å²) in [6.45, 7) is 2.11. The molecule has 0 saturated heterocycles. The van der Waals surface area contributed by atoms with Gasteiger partial charge < -0.3 is 5.32 Å². The normalized spacial score (nSPS) is 11.4. The Labute approximate surface area is 150 Å². The van der Waals surface area contributed by atoms with Gasteiger partial charge in [-0.15, -0.1) is 0 Å². The summed E-state index contributed by atoms with van der Waals surface area (Å²) < 4.78 is 37.6. The van der Waals surface area contributed by atoms with Crippen LogP contribution in [0.1, 0.15) is 36.5 Å². The van der Waals surface area contributed by atoms with Crippen LogP contribution in [0.3, 0.4) is 0 Å². The fourth-order valence-corrected chi connectivity index (χ4v) is 2.61. The van der Waals surface area contributed by atoms with Crippen molar-refractivity contribution in [2.45, 2.75) is 38.8 Å². The topological polar surface area (TPSA) is 29.1 Å². The Bertz CT molecular complexity index is 726. The highest BCUT2D eigenvalue weighted by Crippen LogP contribution is 2.30. The van der Waals surface area contributed by atoms with Crippen LogP contribution < -0.4 is 5.32 Å². The Kier molecular flexibility index (Phi) is 6.48. The Balaban J connectivity index is 2.02. The number of nitrogens with one attached hydrogen (secondary N) is 1. The first-order valence-corrected chi connectivity index (χ1v) is 8.42. The van der Waals surface area contributed by atoms with Crippen molar-refractivity contribution >= 4 is 23.2 Å². The molecule has 0 fully saturated rings. The molecule has 0 aliphatic rings. The molecule has 0 aliphatic heterocycles. The number of hydrogen-bond acceptors (Lipinski definition) is 1. The van der Waals surface area contributed by atoms with Crippen molar-refractivity contribution in [1.29, 1.82) is 0 Å². The first kappa shape index (κ1) is 19.3. The lowest BCUT2D eigenvalue weighted by Gasteiger charge is -2.10. The second-order valence-electron chi connectivity index (χ2n) is 5.83. The largest absolute Gasteiger partial charge is 0.416 e. The van der Waals surface area contributed by atoms with Gasteiger partial charge in [-0.2, -0.15) is 13.2 Å². The van der Waals surface area contributed by atoms with E-state index in [1.54, 1.807) is 6.07 Å². The summed E-state index contributed by atoms with van der Waals surface area (Å²) in [5.74, 6) is -0.325. The van der Waals surface area contributed by atoms with E-state index in [0.29, 0.717) is 16.3 Å². The molecule has 0 atom stereocenters. The summed E-state index contributed by atoms with van der Waals surface area (Å²) in [7, 11) is 0. The van der Waals surface area contributed by atoms with Gasteiger partial charge in [0, 0.05) is 10.7 Å². The Hall–Kier alpha value is -2.01. The first-order valence-electron chi connectivity index (χ1n) is 8.04. The third kappa shape index (κ3) is 5.78. The number of alkyl halides is 3. The van der Waals surface area contributed by atoms with Crippen LogP contribution in [0.15, 0.2) is 42.5 Å². The van der Waals surface area contributed by atoms with Crippen LogP contribution in [0.4, 0.5) is 18.9 Å². The molecule has 1 amide bonds. The van der Waals surface area contributed by atoms with E-state index in [1.807, 2.05) is 12.1 Å². The van der Waals surface area contributed by atoms with Gasteiger partial charge in [0.15, 0.2) is 0 Å². The molecule has 0 unspecified atom stereocenters. The average Bonchev–Trinajstić information content (AvgIpc) is 2.55. The SMILES string of the molecule is CCCCc1ccc(Cl)c(CC(=O)Nc2ccc(C(F)(F)F)cc2)c1. The van der Waals surface area contributed by atoms with Crippen molar-refractivity contribution in [2.24, 2.45) is 0 Å². The minimum Gasteiger partial charge on any atom is -0.326 e. The summed E-state index contributed by atoms with van der Waals surface area (Å²) in [4.78, 5) is 12.1. The van der Waals surface area contributed by atoms with Crippen LogP contribution in [-0.2, 0) is 23.8 Å². The smallest absolute Gasteiger partial charge is 0.326 e. The summed E-state index contributed by atoms with van der Waals surface area (Å²) in [5, 5.41) is 3.10. The highest BCUT2D eigenvalue weighted by Gasteiger charge is 2.29. The van der Waals surface area contributed by atoms with Gasteiger partial charge in [0.1, 0.15) is 0 Å². The highest BCUT2D eigenvalue weighted by molar-refractivity contribution is 6.31. The van der Waals surface area contributed by atoms with Crippen LogP contribution in [-0.4, -0.2) is 5.91 Å². The standard InChI is InChI=1S/C19H19ClF3NO/c1-2-3-4-13-5-10-17(20)14(11-13)12-18(25)24-16-8-6-15(7-9-16)19(21,22)23/h5-11H,2-4,12H2,1H3,(H,24,25). The molecular weight excluding hydrogens is 351 g/mol. The van der Waals surface area contributed by atoms with Gasteiger partial charge in [0.05, 0.1) is 12.0 Å². The number of benzene rings is 2. The molecule has 25 heavy (non-hydrogen) atoms. The fourth-order valence-electron chi connectivity index (χ4n) is 2.42. The van der Waals surface area contributed by atoms with Crippen LogP contribution in [0, 0.1) is 0 Å². The van der Waals surface area contributed by atoms with E-state index in [0.717, 1.165) is 37.0 Å². The zero-order valence-electron chi connectivity index (χ0n) is 13.8. The lowest BCUT2D eigenvalue weighted by molar-refractivity contribution is -0.137. The number of unbranched alkanes of at least 4 members (excludes halogenated alkanes) is 1. The predicted octanol–water partition coefficient (Wildman–Crippen LogP) is 5.88. The highest BCUT2D eigenvalue weighted by atomic mass is 35.5. The summed E-state index contributed by atoms with van der Waals surface area (Å²) in [6, 6.07) is 9.97. The number of carbonyl (C=O) groups excluding carboxylic acids is 1. The van der Waals surface area contributed by atoms with Gasteiger partial charge in [-0.25, -0.2) is 0 Å². The molecular formula is C19H19ClF3NO. The van der Waals surface area contributed by atoms with Crippen molar-refractivity contribution in [3.05, 3.63) is 64.2 Å². The molecule has 2 rings (SSSR count). The van der Waals surface area contributed by atoms with E-state index >= 15 is 0 Å². The van der Waals surface area contributed by atoms with Crippen LogP contribution in [0.5, 0.6) is 0 Å². The van der Waals surface area contributed by atoms with Crippen molar-refractivity contribution in [1.82, 2.24) is 0 Å². The van der Waals surface area contributed by atoms with Crippen molar-refractivity contribution < 1.29 is 18.0 Å². The Morgan fingerprint density at radius 3 is 2.40 bits per heavy atom. The number of hydrogen-bond donors (Lipinski definition) is 1. The molecule has 134 valence electrons. The molecule has 2 aromatic rings. The zero-order chi connectivity index (χ0) is 18.4. The van der Waals surface area contributed by atoms with E-state index in [2.05, 4.69) is 12.2 Å². The van der Waals surface area contributed by atoms with Crippen LogP contribution in [0.25, 0.3) is 0 Å². The van der Waals surface area contributed by atoms with Crippen LogP contribution in [0.2, 0.25) is 5.02 Å². The minimum absolute atomic E-state index is 0.0693. The number of halogens is 4. The van der Waals surface area contributed by atoms with Crippen molar-refractivity contribution in [3.63, 3.8) is 0 Å². The number of anilines is 1. The first-order chi connectivity index (χ1) is 11.8. The lowest BCUT2D eigenvalue weighted by atomic mass is 10.0. The quantitative estimate of drug-likeness (QED) is 0.676. The molecule has 6 heteroatoms. The van der Waals surface area contributed by atoms with Crippen LogP contribution >= 0.6 is 11.6 Å². The molecule has 2 nitrogen and oxygen atoms in total. The van der Waals surface area contributed by atoms with E-state index in [4.69, 9.17) is 11.6 Å². The second-order valence-corrected chi connectivity index (χ2v) is 6.24. The maximum absolute atomic E-state index is 12.5. The van der Waals surface area contributed by atoms with Gasteiger partial charge in [-0.3, -0.25) is 4.79 Å². The second kappa shape index (κ2) is 8.39. The summed E-state index contributed by atoms with van der Waals surface area (Å²) in [5.41, 5.74) is 1.39. The molecule has 0 heterocycles. The maximum atomic E-state index is 12.5. The van der Waals surface area contributed by atoms with E-state index in [9.17, 15) is 18.0 Å². The molecule has 0 radical (unpaired) electrons. The van der Waals surface area contributed by atoms with Gasteiger partial charge in [-0.1, -0.05) is 37.1 Å². The van der Waals surface area contributed by atoms with Gasteiger partial charge >= 0.3 is 6.18 Å². The molecule has 2 aromatic carbocycles. The lowest BCUT2D eigenvalue weighted by Crippen LogP contribution is -2.15. The summed E-state index contributed by atoms with van der Waals surface area (Å²) in [6.07, 6.45) is -1.28. The van der Waals surface area contributed by atoms with E-state index in [-0.39, 0.29) is 12.3 Å². The minimum atomic E-state index is -4.39. The average molecular weight is 370 g/mol. The number of amides is 1. The third-order valence-electron chi connectivity index (χ3n) is 3.78. The molecule has 0 aromatic heterocycles. The van der Waals surface area contributed by atoms with Gasteiger partial charge in [0.25, 0.3) is 0 Å². The molecule has 0 saturated carbocycles. The van der Waals surface area contributed by atoms with E-state index < -0.39 is 11.7 Å². The van der Waals surface area contributed by atoms with Crippen molar-refractivity contribution in [2.75, 3.05) is 5.32 Å². The van der Waals surface area contributed by atoms with E-state index in [1.165, 1.54) is 12.1 Å². The maximum Gasteiger partial charge on any atom is 0.416 e. The zero-order valence-corrected chi connectivity index (χ0v) is 14.5. The third-order valence-corrected chi connectivity index (χ3v) is 4.14. The number of rotatable bonds is 6.